The second-order valence-electron chi connectivity index (χ2n) is 3.62. The molecule has 0 aromatic heterocycles. The molecule has 1 atom stereocenters. The summed E-state index contributed by atoms with van der Waals surface area (Å²) in [6.07, 6.45) is 0. The van der Waals surface area contributed by atoms with Crippen LogP contribution in [0, 0.1) is 17.6 Å². The van der Waals surface area contributed by atoms with E-state index in [2.05, 4.69) is 5.32 Å². The van der Waals surface area contributed by atoms with Crippen molar-refractivity contribution in [3.63, 3.8) is 0 Å². The highest BCUT2D eigenvalue weighted by molar-refractivity contribution is 5.94. The van der Waals surface area contributed by atoms with Crippen molar-refractivity contribution in [3.05, 3.63) is 35.4 Å². The van der Waals surface area contributed by atoms with E-state index in [1.54, 1.807) is 6.92 Å². The van der Waals surface area contributed by atoms with Crippen LogP contribution in [0.1, 0.15) is 17.3 Å². The maximum Gasteiger partial charge on any atom is 0.254 e. The van der Waals surface area contributed by atoms with E-state index < -0.39 is 17.5 Å². The average Bonchev–Trinajstić information content (AvgIpc) is 2.25. The molecule has 0 saturated heterocycles. The second-order valence-corrected chi connectivity index (χ2v) is 3.62. The van der Waals surface area contributed by atoms with Crippen LogP contribution in [-0.4, -0.2) is 24.2 Å². The first-order valence-corrected chi connectivity index (χ1v) is 4.88. The van der Waals surface area contributed by atoms with Crippen molar-refractivity contribution >= 4 is 5.91 Å². The van der Waals surface area contributed by atoms with E-state index in [1.165, 1.54) is 0 Å². The minimum atomic E-state index is -0.894. The minimum Gasteiger partial charge on any atom is -0.396 e. The Balaban J connectivity index is 2.66. The molecule has 0 radical (unpaired) electrons. The lowest BCUT2D eigenvalue weighted by atomic mass is 10.1. The lowest BCUT2D eigenvalue weighted by Gasteiger charge is -2.09. The van der Waals surface area contributed by atoms with E-state index in [9.17, 15) is 13.6 Å². The van der Waals surface area contributed by atoms with Gasteiger partial charge in [-0.2, -0.15) is 0 Å². The maximum absolute atomic E-state index is 13.2. The summed E-state index contributed by atoms with van der Waals surface area (Å²) in [5.74, 6) is -2.34. The highest BCUT2D eigenvalue weighted by atomic mass is 19.1. The summed E-state index contributed by atoms with van der Waals surface area (Å²) in [6, 6.07) is 2.77. The number of hydrogen-bond acceptors (Lipinski definition) is 2. The molecule has 1 aromatic carbocycles. The van der Waals surface area contributed by atoms with Crippen molar-refractivity contribution < 1.29 is 18.7 Å². The van der Waals surface area contributed by atoms with Crippen LogP contribution in [0.5, 0.6) is 0 Å². The first-order valence-electron chi connectivity index (χ1n) is 4.88. The number of amides is 1. The van der Waals surface area contributed by atoms with Crippen LogP contribution in [-0.2, 0) is 0 Å². The van der Waals surface area contributed by atoms with Gasteiger partial charge in [-0.3, -0.25) is 4.79 Å². The van der Waals surface area contributed by atoms with Gasteiger partial charge in [0.1, 0.15) is 11.6 Å². The Kier molecular flexibility index (Phi) is 4.37. The Morgan fingerprint density at radius 1 is 1.50 bits per heavy atom. The molecule has 0 fully saturated rings. The summed E-state index contributed by atoms with van der Waals surface area (Å²) < 4.78 is 25.7. The number of rotatable bonds is 4. The molecular weight excluding hydrogens is 216 g/mol. The largest absolute Gasteiger partial charge is 0.396 e. The monoisotopic (exact) mass is 229 g/mol. The van der Waals surface area contributed by atoms with Gasteiger partial charge in [0.25, 0.3) is 5.91 Å². The van der Waals surface area contributed by atoms with Gasteiger partial charge in [0.2, 0.25) is 0 Å². The number of aliphatic hydroxyl groups is 1. The fourth-order valence-corrected chi connectivity index (χ4v) is 1.10. The fraction of sp³-hybridized carbons (Fsp3) is 0.364. The third-order valence-corrected chi connectivity index (χ3v) is 2.10. The Labute approximate surface area is 92.1 Å². The van der Waals surface area contributed by atoms with Gasteiger partial charge >= 0.3 is 0 Å². The number of hydrogen-bond donors (Lipinski definition) is 2. The molecule has 0 saturated carbocycles. The van der Waals surface area contributed by atoms with E-state index in [-0.39, 0.29) is 24.6 Å². The highest BCUT2D eigenvalue weighted by Crippen LogP contribution is 2.09. The minimum absolute atomic E-state index is 0.0633. The summed E-state index contributed by atoms with van der Waals surface area (Å²) in [5, 5.41) is 11.2. The molecule has 5 heteroatoms. The summed E-state index contributed by atoms with van der Waals surface area (Å²) in [4.78, 5) is 11.4. The lowest BCUT2D eigenvalue weighted by molar-refractivity contribution is 0.0938. The molecule has 1 aromatic rings. The number of benzene rings is 1. The van der Waals surface area contributed by atoms with Crippen LogP contribution >= 0.6 is 0 Å². The zero-order chi connectivity index (χ0) is 12.1. The van der Waals surface area contributed by atoms with E-state index in [4.69, 9.17) is 5.11 Å². The molecule has 3 nitrogen and oxygen atoms in total. The van der Waals surface area contributed by atoms with Crippen LogP contribution in [0.4, 0.5) is 8.78 Å². The molecule has 0 heterocycles. The van der Waals surface area contributed by atoms with Gasteiger partial charge < -0.3 is 10.4 Å². The third kappa shape index (κ3) is 3.27. The van der Waals surface area contributed by atoms with Gasteiger partial charge in [-0.25, -0.2) is 8.78 Å². The van der Waals surface area contributed by atoms with E-state index in [0.29, 0.717) is 6.07 Å². The smallest absolute Gasteiger partial charge is 0.254 e. The molecule has 0 aliphatic carbocycles. The molecule has 88 valence electrons. The summed E-state index contributed by atoms with van der Waals surface area (Å²) >= 11 is 0. The van der Waals surface area contributed by atoms with Gasteiger partial charge in [-0.05, 0) is 18.1 Å². The van der Waals surface area contributed by atoms with Crippen molar-refractivity contribution in [2.24, 2.45) is 5.92 Å². The number of carbonyl (C=O) groups excluding carboxylic acids is 1. The molecule has 0 bridgehead atoms. The Hall–Kier alpha value is -1.49. The number of nitrogens with one attached hydrogen (secondary N) is 1. The van der Waals surface area contributed by atoms with Gasteiger partial charge in [0.05, 0.1) is 5.56 Å². The first kappa shape index (κ1) is 12.6. The molecule has 0 aliphatic heterocycles. The van der Waals surface area contributed by atoms with Crippen molar-refractivity contribution in [3.8, 4) is 0 Å². The number of aliphatic hydroxyl groups excluding tert-OH is 1. The molecule has 0 aliphatic rings. The molecule has 1 rings (SSSR count). The van der Waals surface area contributed by atoms with Crippen LogP contribution < -0.4 is 5.32 Å². The fourth-order valence-electron chi connectivity index (χ4n) is 1.10. The average molecular weight is 229 g/mol. The Morgan fingerprint density at radius 2 is 2.19 bits per heavy atom. The summed E-state index contributed by atoms with van der Waals surface area (Å²) in [5.41, 5.74) is -0.202. The predicted molar refractivity (Wildman–Crippen MR) is 54.9 cm³/mol. The number of halogens is 2. The Morgan fingerprint density at radius 3 is 2.75 bits per heavy atom. The van der Waals surface area contributed by atoms with E-state index in [0.717, 1.165) is 12.1 Å². The normalized spacial score (nSPS) is 12.2. The van der Waals surface area contributed by atoms with Crippen molar-refractivity contribution in [1.82, 2.24) is 5.32 Å². The molecule has 1 amide bonds. The van der Waals surface area contributed by atoms with Crippen molar-refractivity contribution in [2.45, 2.75) is 6.92 Å². The summed E-state index contributed by atoms with van der Waals surface area (Å²) in [7, 11) is 0. The first-order chi connectivity index (χ1) is 7.54. The van der Waals surface area contributed by atoms with Crippen molar-refractivity contribution in [2.75, 3.05) is 13.2 Å². The zero-order valence-electron chi connectivity index (χ0n) is 8.84. The molecule has 2 N–H and O–H groups in total. The van der Waals surface area contributed by atoms with Crippen LogP contribution in [0.25, 0.3) is 0 Å². The van der Waals surface area contributed by atoms with E-state index >= 15 is 0 Å². The van der Waals surface area contributed by atoms with Crippen molar-refractivity contribution in [1.29, 1.82) is 0 Å². The van der Waals surface area contributed by atoms with Crippen LogP contribution in [0.2, 0.25) is 0 Å². The quantitative estimate of drug-likeness (QED) is 0.818. The van der Waals surface area contributed by atoms with Gasteiger partial charge in [-0.1, -0.05) is 6.92 Å². The zero-order valence-corrected chi connectivity index (χ0v) is 8.84. The van der Waals surface area contributed by atoms with E-state index in [1.807, 2.05) is 0 Å². The molecule has 1 unspecified atom stereocenters. The van der Waals surface area contributed by atoms with Crippen LogP contribution in [0.3, 0.4) is 0 Å². The standard InChI is InChI=1S/C11H13F2NO2/c1-7(6-15)5-14-11(16)9-3-2-8(12)4-10(9)13/h2-4,7,15H,5-6H2,1H3,(H,14,16). The Bertz CT molecular complexity index is 382. The second kappa shape index (κ2) is 5.55. The predicted octanol–water partition coefficient (Wildman–Crippen LogP) is 1.32. The topological polar surface area (TPSA) is 49.3 Å². The SMILES string of the molecule is CC(CO)CNC(=O)c1ccc(F)cc1F. The third-order valence-electron chi connectivity index (χ3n) is 2.10. The highest BCUT2D eigenvalue weighted by Gasteiger charge is 2.12. The molecular formula is C11H13F2NO2. The number of carbonyl (C=O) groups is 1. The summed E-state index contributed by atoms with van der Waals surface area (Å²) in [6.45, 7) is 1.92. The van der Waals surface area contributed by atoms with Gasteiger partial charge in [0, 0.05) is 19.2 Å². The molecule has 0 spiro atoms. The van der Waals surface area contributed by atoms with Gasteiger partial charge in [0.15, 0.2) is 0 Å². The van der Waals surface area contributed by atoms with Gasteiger partial charge in [-0.15, -0.1) is 0 Å². The lowest BCUT2D eigenvalue weighted by Crippen LogP contribution is -2.30. The molecule has 16 heavy (non-hydrogen) atoms. The van der Waals surface area contributed by atoms with Crippen LogP contribution in [0.15, 0.2) is 18.2 Å². The maximum atomic E-state index is 13.2.